The SMILES string of the molecule is CN1C(=O)[C@@](CCC(=O)NCC(C)(C)CO)(Cc2ccccc2)c2ccccc21. The van der Waals surface area contributed by atoms with Gasteiger partial charge in [0, 0.05) is 37.7 Å². The van der Waals surface area contributed by atoms with Gasteiger partial charge in [-0.25, -0.2) is 0 Å². The summed E-state index contributed by atoms with van der Waals surface area (Å²) in [5.41, 5.74) is 1.85. The monoisotopic (exact) mass is 394 g/mol. The van der Waals surface area contributed by atoms with E-state index in [0.29, 0.717) is 19.4 Å². The van der Waals surface area contributed by atoms with Crippen LogP contribution in [0.25, 0.3) is 0 Å². The molecular formula is C24H30N2O3. The van der Waals surface area contributed by atoms with E-state index in [2.05, 4.69) is 5.32 Å². The first kappa shape index (κ1) is 21.1. The molecule has 1 atom stereocenters. The van der Waals surface area contributed by atoms with Crippen LogP contribution >= 0.6 is 0 Å². The molecule has 0 fully saturated rings. The number of aliphatic hydroxyl groups excluding tert-OH is 1. The van der Waals surface area contributed by atoms with E-state index in [1.54, 1.807) is 11.9 Å². The van der Waals surface area contributed by atoms with Gasteiger partial charge in [-0.2, -0.15) is 0 Å². The van der Waals surface area contributed by atoms with Gasteiger partial charge < -0.3 is 15.3 Å². The second kappa shape index (κ2) is 8.37. The Labute approximate surface area is 172 Å². The van der Waals surface area contributed by atoms with Crippen molar-refractivity contribution in [3.63, 3.8) is 0 Å². The minimum Gasteiger partial charge on any atom is -0.396 e. The van der Waals surface area contributed by atoms with E-state index in [1.807, 2.05) is 68.4 Å². The molecule has 1 heterocycles. The second-order valence-corrected chi connectivity index (χ2v) is 8.72. The van der Waals surface area contributed by atoms with E-state index >= 15 is 0 Å². The Balaban J connectivity index is 1.85. The summed E-state index contributed by atoms with van der Waals surface area (Å²) in [6.45, 7) is 4.20. The normalized spacial score (nSPS) is 18.6. The lowest BCUT2D eigenvalue weighted by atomic mass is 9.73. The number of benzene rings is 2. The molecule has 3 rings (SSSR count). The van der Waals surface area contributed by atoms with Crippen molar-refractivity contribution < 1.29 is 14.7 Å². The first-order valence-corrected chi connectivity index (χ1v) is 10.1. The van der Waals surface area contributed by atoms with Gasteiger partial charge >= 0.3 is 0 Å². The van der Waals surface area contributed by atoms with E-state index in [1.165, 1.54) is 0 Å². The molecule has 29 heavy (non-hydrogen) atoms. The predicted octanol–water partition coefficient (Wildman–Crippen LogP) is 3.06. The van der Waals surface area contributed by atoms with Crippen molar-refractivity contribution in [2.75, 3.05) is 25.1 Å². The Kier molecular flexibility index (Phi) is 6.08. The van der Waals surface area contributed by atoms with Gasteiger partial charge in [0.05, 0.1) is 5.41 Å². The number of amides is 2. The number of carbonyl (C=O) groups is 2. The zero-order valence-electron chi connectivity index (χ0n) is 17.4. The van der Waals surface area contributed by atoms with Crippen LogP contribution in [0.2, 0.25) is 0 Å². The fourth-order valence-electron chi connectivity index (χ4n) is 3.97. The number of nitrogens with zero attached hydrogens (tertiary/aromatic N) is 1. The molecule has 0 saturated heterocycles. The standard InChI is InChI=1S/C24H30N2O3/c1-23(2,17-27)16-25-21(28)13-14-24(15-18-9-5-4-6-10-18)19-11-7-8-12-20(19)26(3)22(24)29/h4-12,27H,13-17H2,1-3H3,(H,25,28)/t24-/m0/s1. The molecule has 2 aromatic rings. The molecule has 154 valence electrons. The van der Waals surface area contributed by atoms with E-state index < -0.39 is 5.41 Å². The molecule has 2 aromatic carbocycles. The number of likely N-dealkylation sites (N-methyl/N-ethyl adjacent to an activating group) is 1. The summed E-state index contributed by atoms with van der Waals surface area (Å²) in [5.74, 6) is -0.0650. The summed E-state index contributed by atoms with van der Waals surface area (Å²) in [5, 5.41) is 12.3. The van der Waals surface area contributed by atoms with Crippen molar-refractivity contribution in [3.8, 4) is 0 Å². The van der Waals surface area contributed by atoms with Gasteiger partial charge in [-0.15, -0.1) is 0 Å². The fraction of sp³-hybridized carbons (Fsp3) is 0.417. The first-order valence-electron chi connectivity index (χ1n) is 10.1. The van der Waals surface area contributed by atoms with E-state index in [-0.39, 0.29) is 30.3 Å². The van der Waals surface area contributed by atoms with Crippen molar-refractivity contribution in [2.24, 2.45) is 5.41 Å². The van der Waals surface area contributed by atoms with Gasteiger partial charge in [0.25, 0.3) is 0 Å². The molecule has 1 aliphatic heterocycles. The third kappa shape index (κ3) is 4.35. The summed E-state index contributed by atoms with van der Waals surface area (Å²) in [7, 11) is 1.80. The third-order valence-electron chi connectivity index (χ3n) is 5.81. The van der Waals surface area contributed by atoms with Gasteiger partial charge in [0.1, 0.15) is 0 Å². The Morgan fingerprint density at radius 2 is 1.76 bits per heavy atom. The number of aliphatic hydroxyl groups is 1. The number of para-hydroxylation sites is 1. The Hall–Kier alpha value is -2.66. The van der Waals surface area contributed by atoms with Crippen LogP contribution in [0.3, 0.4) is 0 Å². The maximum atomic E-state index is 13.4. The van der Waals surface area contributed by atoms with Crippen LogP contribution in [-0.2, 0) is 21.4 Å². The molecule has 0 radical (unpaired) electrons. The quantitative estimate of drug-likeness (QED) is 0.723. The molecular weight excluding hydrogens is 364 g/mol. The molecule has 5 nitrogen and oxygen atoms in total. The third-order valence-corrected chi connectivity index (χ3v) is 5.81. The topological polar surface area (TPSA) is 69.6 Å². The van der Waals surface area contributed by atoms with Crippen molar-refractivity contribution in [2.45, 2.75) is 38.5 Å². The van der Waals surface area contributed by atoms with Crippen LogP contribution in [0.5, 0.6) is 0 Å². The number of fused-ring (bicyclic) bond motifs is 1. The van der Waals surface area contributed by atoms with Crippen LogP contribution < -0.4 is 10.2 Å². The number of anilines is 1. The minimum absolute atomic E-state index is 0.00187. The Morgan fingerprint density at radius 3 is 2.45 bits per heavy atom. The number of hydrogen-bond acceptors (Lipinski definition) is 3. The van der Waals surface area contributed by atoms with Crippen molar-refractivity contribution >= 4 is 17.5 Å². The first-order chi connectivity index (χ1) is 13.8. The Bertz CT molecular complexity index is 879. The summed E-state index contributed by atoms with van der Waals surface area (Å²) < 4.78 is 0. The largest absolute Gasteiger partial charge is 0.396 e. The molecule has 0 saturated carbocycles. The summed E-state index contributed by atoms with van der Waals surface area (Å²) in [4.78, 5) is 27.7. The average molecular weight is 395 g/mol. The van der Waals surface area contributed by atoms with E-state index in [9.17, 15) is 14.7 Å². The molecule has 0 unspecified atom stereocenters. The van der Waals surface area contributed by atoms with Crippen molar-refractivity contribution in [1.29, 1.82) is 0 Å². The van der Waals surface area contributed by atoms with Crippen LogP contribution in [0.4, 0.5) is 5.69 Å². The van der Waals surface area contributed by atoms with E-state index in [4.69, 9.17) is 0 Å². The van der Waals surface area contributed by atoms with Crippen molar-refractivity contribution in [1.82, 2.24) is 5.32 Å². The number of hydrogen-bond donors (Lipinski definition) is 2. The molecule has 0 aromatic heterocycles. The fourth-order valence-corrected chi connectivity index (χ4v) is 3.97. The van der Waals surface area contributed by atoms with Gasteiger partial charge in [-0.1, -0.05) is 62.4 Å². The van der Waals surface area contributed by atoms with Gasteiger partial charge in [0.15, 0.2) is 0 Å². The average Bonchev–Trinajstić information content (AvgIpc) is 2.94. The lowest BCUT2D eigenvalue weighted by Crippen LogP contribution is -2.42. The van der Waals surface area contributed by atoms with Crippen LogP contribution in [-0.4, -0.2) is 37.1 Å². The molecule has 5 heteroatoms. The van der Waals surface area contributed by atoms with Crippen LogP contribution in [0, 0.1) is 5.41 Å². The van der Waals surface area contributed by atoms with Crippen molar-refractivity contribution in [3.05, 3.63) is 65.7 Å². The zero-order chi connectivity index (χ0) is 21.1. The van der Waals surface area contributed by atoms with Crippen LogP contribution in [0.1, 0.15) is 37.8 Å². The highest BCUT2D eigenvalue weighted by atomic mass is 16.3. The summed E-state index contributed by atoms with van der Waals surface area (Å²) in [6.07, 6.45) is 1.25. The number of carbonyl (C=O) groups excluding carboxylic acids is 2. The zero-order valence-corrected chi connectivity index (χ0v) is 17.4. The highest BCUT2D eigenvalue weighted by molar-refractivity contribution is 6.08. The maximum Gasteiger partial charge on any atom is 0.237 e. The molecule has 0 bridgehead atoms. The molecule has 0 aliphatic carbocycles. The van der Waals surface area contributed by atoms with Crippen LogP contribution in [0.15, 0.2) is 54.6 Å². The van der Waals surface area contributed by atoms with Gasteiger partial charge in [-0.05, 0) is 30.0 Å². The molecule has 2 amide bonds. The van der Waals surface area contributed by atoms with Gasteiger partial charge in [-0.3, -0.25) is 9.59 Å². The highest BCUT2D eigenvalue weighted by Gasteiger charge is 2.49. The lowest BCUT2D eigenvalue weighted by Gasteiger charge is -2.29. The van der Waals surface area contributed by atoms with Gasteiger partial charge in [0.2, 0.25) is 11.8 Å². The second-order valence-electron chi connectivity index (χ2n) is 8.72. The number of rotatable bonds is 8. The molecule has 1 aliphatic rings. The minimum atomic E-state index is -0.753. The van der Waals surface area contributed by atoms with E-state index in [0.717, 1.165) is 16.8 Å². The number of nitrogens with one attached hydrogen (secondary N) is 1. The molecule has 0 spiro atoms. The lowest BCUT2D eigenvalue weighted by molar-refractivity contribution is -0.124. The smallest absolute Gasteiger partial charge is 0.237 e. The predicted molar refractivity (Wildman–Crippen MR) is 115 cm³/mol. The molecule has 2 N–H and O–H groups in total. The maximum absolute atomic E-state index is 13.4. The highest BCUT2D eigenvalue weighted by Crippen LogP contribution is 2.46. The Morgan fingerprint density at radius 1 is 1.10 bits per heavy atom. The summed E-state index contributed by atoms with van der Waals surface area (Å²) >= 11 is 0. The summed E-state index contributed by atoms with van der Waals surface area (Å²) in [6, 6.07) is 17.8.